The summed E-state index contributed by atoms with van der Waals surface area (Å²) in [6, 6.07) is 0. The molecule has 6 heteroatoms. The van der Waals surface area contributed by atoms with Gasteiger partial charge in [0.1, 0.15) is 10.8 Å². The maximum atomic E-state index is 11.7. The molecule has 0 radical (unpaired) electrons. The lowest BCUT2D eigenvalue weighted by Gasteiger charge is -2.22. The monoisotopic (exact) mass is 269 g/mol. The topological polar surface area (TPSA) is 64.1 Å². The Hall–Kier alpha value is -1.20. The minimum absolute atomic E-state index is 0.221. The molecule has 2 rings (SSSR count). The summed E-state index contributed by atoms with van der Waals surface area (Å²) in [5.41, 5.74) is 0.243. The van der Waals surface area contributed by atoms with Gasteiger partial charge in [-0.05, 0) is 25.7 Å². The number of nitrogens with zero attached hydrogens (tertiary/aromatic N) is 2. The molecule has 1 unspecified atom stereocenters. The van der Waals surface area contributed by atoms with Crippen molar-refractivity contribution >= 4 is 17.5 Å². The predicted octanol–water partition coefficient (Wildman–Crippen LogP) is 1.82. The van der Waals surface area contributed by atoms with Crippen LogP contribution in [0.15, 0.2) is 12.4 Å². The fourth-order valence-corrected chi connectivity index (χ4v) is 2.07. The smallest absolute Gasteiger partial charge is 0.271 e. The second-order valence-corrected chi connectivity index (χ2v) is 4.65. The lowest BCUT2D eigenvalue weighted by atomic mass is 10.1. The van der Waals surface area contributed by atoms with E-state index in [9.17, 15) is 4.79 Å². The summed E-state index contributed by atoms with van der Waals surface area (Å²) in [7, 11) is 0. The first-order chi connectivity index (χ1) is 8.75. The van der Waals surface area contributed by atoms with E-state index in [1.54, 1.807) is 0 Å². The Morgan fingerprint density at radius 2 is 2.39 bits per heavy atom. The molecule has 1 amide bonds. The van der Waals surface area contributed by atoms with Crippen molar-refractivity contribution in [2.24, 2.45) is 0 Å². The van der Waals surface area contributed by atoms with Gasteiger partial charge in [-0.1, -0.05) is 11.6 Å². The fourth-order valence-electron chi connectivity index (χ4n) is 1.92. The van der Waals surface area contributed by atoms with Crippen LogP contribution in [0.4, 0.5) is 0 Å². The van der Waals surface area contributed by atoms with Crippen molar-refractivity contribution in [3.63, 3.8) is 0 Å². The van der Waals surface area contributed by atoms with E-state index in [0.717, 1.165) is 25.9 Å². The summed E-state index contributed by atoms with van der Waals surface area (Å²) in [4.78, 5) is 19.4. The molecule has 0 spiro atoms. The van der Waals surface area contributed by atoms with Gasteiger partial charge in [-0.25, -0.2) is 4.98 Å². The fraction of sp³-hybridized carbons (Fsp3) is 0.583. The average Bonchev–Trinajstić information content (AvgIpc) is 2.40. The van der Waals surface area contributed by atoms with Crippen LogP contribution in [0.2, 0.25) is 5.15 Å². The number of hydrogen-bond donors (Lipinski definition) is 1. The molecule has 1 saturated heterocycles. The highest BCUT2D eigenvalue weighted by atomic mass is 35.5. The summed E-state index contributed by atoms with van der Waals surface area (Å²) in [5, 5.41) is 3.01. The molecule has 98 valence electrons. The zero-order valence-electron chi connectivity index (χ0n) is 10.1. The summed E-state index contributed by atoms with van der Waals surface area (Å²) < 4.78 is 5.58. The molecule has 1 N–H and O–H groups in total. The molecule has 1 aliphatic rings. The number of carbonyl (C=O) groups is 1. The number of carbonyl (C=O) groups excluding carboxylic acids is 1. The third-order valence-electron chi connectivity index (χ3n) is 2.86. The number of aromatic nitrogens is 2. The first-order valence-corrected chi connectivity index (χ1v) is 6.51. The van der Waals surface area contributed by atoms with Crippen LogP contribution in [-0.4, -0.2) is 35.1 Å². The molecular weight excluding hydrogens is 254 g/mol. The van der Waals surface area contributed by atoms with Crippen molar-refractivity contribution in [3.8, 4) is 0 Å². The van der Waals surface area contributed by atoms with Crippen LogP contribution >= 0.6 is 11.6 Å². The van der Waals surface area contributed by atoms with Gasteiger partial charge < -0.3 is 10.1 Å². The molecule has 1 aromatic heterocycles. The average molecular weight is 270 g/mol. The second kappa shape index (κ2) is 6.66. The summed E-state index contributed by atoms with van der Waals surface area (Å²) in [5.74, 6) is -0.249. The van der Waals surface area contributed by atoms with Gasteiger partial charge in [0.25, 0.3) is 5.91 Å². The molecule has 1 aliphatic heterocycles. The van der Waals surface area contributed by atoms with Gasteiger partial charge in [0.15, 0.2) is 0 Å². The van der Waals surface area contributed by atoms with Crippen LogP contribution in [0.5, 0.6) is 0 Å². The van der Waals surface area contributed by atoms with Crippen LogP contribution in [0, 0.1) is 0 Å². The van der Waals surface area contributed by atoms with Crippen LogP contribution in [-0.2, 0) is 4.74 Å². The van der Waals surface area contributed by atoms with Gasteiger partial charge in [0, 0.05) is 13.2 Å². The number of amides is 1. The minimum atomic E-state index is -0.249. The van der Waals surface area contributed by atoms with Gasteiger partial charge in [-0.3, -0.25) is 9.78 Å². The molecule has 1 fully saturated rings. The molecular formula is C12H16ClN3O2. The van der Waals surface area contributed by atoms with Gasteiger partial charge in [0.05, 0.1) is 18.5 Å². The molecule has 0 saturated carbocycles. The van der Waals surface area contributed by atoms with Crippen molar-refractivity contribution in [2.45, 2.75) is 31.8 Å². The maximum absolute atomic E-state index is 11.7. The Kier molecular flexibility index (Phi) is 4.90. The largest absolute Gasteiger partial charge is 0.378 e. The molecule has 5 nitrogen and oxygen atoms in total. The van der Waals surface area contributed by atoms with Crippen molar-refractivity contribution < 1.29 is 9.53 Å². The number of ether oxygens (including phenoxy) is 1. The standard InChI is InChI=1S/C12H16ClN3O2/c13-11-8-14-7-10(16-11)12(17)15-5-4-9-3-1-2-6-18-9/h7-9H,1-6H2,(H,15,17). The molecule has 18 heavy (non-hydrogen) atoms. The van der Waals surface area contributed by atoms with Crippen molar-refractivity contribution in [1.29, 1.82) is 0 Å². The highest BCUT2D eigenvalue weighted by Gasteiger charge is 2.14. The van der Waals surface area contributed by atoms with Crippen molar-refractivity contribution in [2.75, 3.05) is 13.2 Å². The molecule has 0 bridgehead atoms. The number of nitrogens with one attached hydrogen (secondary N) is 1. The summed E-state index contributed by atoms with van der Waals surface area (Å²) in [6.45, 7) is 1.41. The molecule has 1 aromatic rings. The number of halogens is 1. The highest BCUT2D eigenvalue weighted by Crippen LogP contribution is 2.14. The van der Waals surface area contributed by atoms with E-state index in [2.05, 4.69) is 15.3 Å². The van der Waals surface area contributed by atoms with E-state index in [-0.39, 0.29) is 22.9 Å². The van der Waals surface area contributed by atoms with E-state index < -0.39 is 0 Å². The number of rotatable bonds is 4. The lowest BCUT2D eigenvalue weighted by molar-refractivity contribution is 0.0117. The summed E-state index contributed by atoms with van der Waals surface area (Å²) >= 11 is 5.67. The molecule has 0 aromatic carbocycles. The van der Waals surface area contributed by atoms with Crippen LogP contribution < -0.4 is 5.32 Å². The van der Waals surface area contributed by atoms with Crippen LogP contribution in [0.3, 0.4) is 0 Å². The van der Waals surface area contributed by atoms with Crippen LogP contribution in [0.25, 0.3) is 0 Å². The van der Waals surface area contributed by atoms with E-state index in [0.29, 0.717) is 6.54 Å². The van der Waals surface area contributed by atoms with E-state index in [1.165, 1.54) is 18.8 Å². The zero-order chi connectivity index (χ0) is 12.8. The molecule has 0 aliphatic carbocycles. The first-order valence-electron chi connectivity index (χ1n) is 6.13. The third kappa shape index (κ3) is 3.92. The van der Waals surface area contributed by atoms with Gasteiger partial charge in [0.2, 0.25) is 0 Å². The van der Waals surface area contributed by atoms with Crippen molar-refractivity contribution in [1.82, 2.24) is 15.3 Å². The molecule has 1 atom stereocenters. The van der Waals surface area contributed by atoms with Gasteiger partial charge >= 0.3 is 0 Å². The number of hydrogen-bond acceptors (Lipinski definition) is 4. The second-order valence-electron chi connectivity index (χ2n) is 4.26. The Morgan fingerprint density at radius 3 is 3.11 bits per heavy atom. The first kappa shape index (κ1) is 13.2. The van der Waals surface area contributed by atoms with E-state index in [1.807, 2.05) is 0 Å². The Bertz CT molecular complexity index is 408. The SMILES string of the molecule is O=C(NCCC1CCCCO1)c1cncc(Cl)n1. The zero-order valence-corrected chi connectivity index (χ0v) is 10.8. The van der Waals surface area contributed by atoms with Crippen molar-refractivity contribution in [3.05, 3.63) is 23.2 Å². The Morgan fingerprint density at radius 1 is 1.50 bits per heavy atom. The maximum Gasteiger partial charge on any atom is 0.271 e. The predicted molar refractivity (Wildman–Crippen MR) is 67.6 cm³/mol. The lowest BCUT2D eigenvalue weighted by Crippen LogP contribution is -2.30. The molecule has 2 heterocycles. The van der Waals surface area contributed by atoms with Gasteiger partial charge in [-0.15, -0.1) is 0 Å². The highest BCUT2D eigenvalue weighted by molar-refractivity contribution is 6.29. The Balaban J connectivity index is 1.74. The van der Waals surface area contributed by atoms with E-state index >= 15 is 0 Å². The normalized spacial score (nSPS) is 19.5. The third-order valence-corrected chi connectivity index (χ3v) is 3.05. The van der Waals surface area contributed by atoms with Gasteiger partial charge in [-0.2, -0.15) is 0 Å². The summed E-state index contributed by atoms with van der Waals surface area (Å²) in [6.07, 6.45) is 7.32. The van der Waals surface area contributed by atoms with Crippen LogP contribution in [0.1, 0.15) is 36.2 Å². The minimum Gasteiger partial charge on any atom is -0.378 e. The Labute approximate surface area is 111 Å². The quantitative estimate of drug-likeness (QED) is 0.906. The van der Waals surface area contributed by atoms with E-state index in [4.69, 9.17) is 16.3 Å².